The molecule has 0 unspecified atom stereocenters. The molecule has 0 atom stereocenters. The van der Waals surface area contributed by atoms with E-state index in [2.05, 4.69) is 33.1 Å². The van der Waals surface area contributed by atoms with Gasteiger partial charge in [-0.05, 0) is 27.2 Å². The smallest absolute Gasteiger partial charge is 0.169 e. The second-order valence-corrected chi connectivity index (χ2v) is 4.91. The standard InChI is InChI=1S/C11H22N6/c1-5-6-13-9-8(12)10(15-7-14-9)16-17-11(2,3)4/h7,17H,5-6,12H2,1-4H3,(H2,13,14,15,16). The number of nitrogens with one attached hydrogen (secondary N) is 3. The molecule has 1 heterocycles. The molecule has 6 heteroatoms. The predicted molar refractivity (Wildman–Crippen MR) is 71.7 cm³/mol. The normalized spacial score (nSPS) is 11.3. The average Bonchev–Trinajstić information content (AvgIpc) is 2.25. The topological polar surface area (TPSA) is 87.9 Å². The summed E-state index contributed by atoms with van der Waals surface area (Å²) in [6.45, 7) is 9.08. The van der Waals surface area contributed by atoms with Crippen molar-refractivity contribution in [2.45, 2.75) is 39.7 Å². The third-order valence-electron chi connectivity index (χ3n) is 1.98. The molecule has 0 aliphatic carbocycles. The molecule has 0 saturated carbocycles. The van der Waals surface area contributed by atoms with Crippen LogP contribution in [0.2, 0.25) is 0 Å². The van der Waals surface area contributed by atoms with Gasteiger partial charge in [0, 0.05) is 12.1 Å². The van der Waals surface area contributed by atoms with E-state index >= 15 is 0 Å². The summed E-state index contributed by atoms with van der Waals surface area (Å²) in [6.07, 6.45) is 2.51. The van der Waals surface area contributed by atoms with Gasteiger partial charge >= 0.3 is 0 Å². The predicted octanol–water partition coefficient (Wildman–Crippen LogP) is 1.60. The van der Waals surface area contributed by atoms with Gasteiger partial charge in [-0.2, -0.15) is 0 Å². The molecular weight excluding hydrogens is 216 g/mol. The van der Waals surface area contributed by atoms with Gasteiger partial charge in [-0.25, -0.2) is 15.4 Å². The van der Waals surface area contributed by atoms with Crippen molar-refractivity contribution in [2.24, 2.45) is 0 Å². The lowest BCUT2D eigenvalue weighted by molar-refractivity contribution is 0.464. The van der Waals surface area contributed by atoms with E-state index in [4.69, 9.17) is 5.73 Å². The van der Waals surface area contributed by atoms with Gasteiger partial charge in [-0.15, -0.1) is 0 Å². The highest BCUT2D eigenvalue weighted by molar-refractivity contribution is 5.73. The monoisotopic (exact) mass is 238 g/mol. The van der Waals surface area contributed by atoms with E-state index in [9.17, 15) is 0 Å². The van der Waals surface area contributed by atoms with E-state index < -0.39 is 0 Å². The maximum atomic E-state index is 5.96. The molecule has 5 N–H and O–H groups in total. The number of nitrogens with two attached hydrogens (primary N) is 1. The molecule has 0 spiro atoms. The van der Waals surface area contributed by atoms with Crippen LogP contribution in [0.15, 0.2) is 6.33 Å². The Bertz CT molecular complexity index is 357. The summed E-state index contributed by atoms with van der Waals surface area (Å²) in [5, 5.41) is 3.16. The maximum absolute atomic E-state index is 5.96. The van der Waals surface area contributed by atoms with Crippen LogP contribution in [0.25, 0.3) is 0 Å². The maximum Gasteiger partial charge on any atom is 0.169 e. The van der Waals surface area contributed by atoms with Crippen LogP contribution >= 0.6 is 0 Å². The second kappa shape index (κ2) is 5.67. The summed E-state index contributed by atoms with van der Waals surface area (Å²) >= 11 is 0. The van der Waals surface area contributed by atoms with E-state index in [0.29, 0.717) is 17.3 Å². The van der Waals surface area contributed by atoms with Crippen LogP contribution in [-0.4, -0.2) is 22.1 Å². The van der Waals surface area contributed by atoms with E-state index in [-0.39, 0.29) is 5.54 Å². The Labute approximate surface area is 102 Å². The van der Waals surface area contributed by atoms with Crippen molar-refractivity contribution in [3.63, 3.8) is 0 Å². The van der Waals surface area contributed by atoms with Gasteiger partial charge in [0.05, 0.1) is 0 Å². The molecule has 17 heavy (non-hydrogen) atoms. The third kappa shape index (κ3) is 4.44. The number of hydrogen-bond donors (Lipinski definition) is 4. The molecule has 0 fully saturated rings. The molecule has 0 saturated heterocycles. The first-order valence-electron chi connectivity index (χ1n) is 5.81. The first-order chi connectivity index (χ1) is 7.94. The van der Waals surface area contributed by atoms with Gasteiger partial charge in [0.2, 0.25) is 0 Å². The second-order valence-electron chi connectivity index (χ2n) is 4.91. The van der Waals surface area contributed by atoms with Crippen LogP contribution in [0.4, 0.5) is 17.3 Å². The van der Waals surface area contributed by atoms with Gasteiger partial charge in [0.15, 0.2) is 11.6 Å². The number of anilines is 3. The Morgan fingerprint density at radius 1 is 1.24 bits per heavy atom. The highest BCUT2D eigenvalue weighted by Gasteiger charge is 2.11. The first-order valence-corrected chi connectivity index (χ1v) is 5.81. The van der Waals surface area contributed by atoms with Crippen LogP contribution < -0.4 is 21.9 Å². The van der Waals surface area contributed by atoms with Gasteiger partial charge in [-0.1, -0.05) is 6.92 Å². The summed E-state index contributed by atoms with van der Waals surface area (Å²) in [5.41, 5.74) is 12.5. The lowest BCUT2D eigenvalue weighted by atomic mass is 10.1. The lowest BCUT2D eigenvalue weighted by Gasteiger charge is -2.22. The molecule has 0 amide bonds. The van der Waals surface area contributed by atoms with Crippen LogP contribution in [0.5, 0.6) is 0 Å². The molecule has 1 aromatic heterocycles. The molecule has 0 bridgehead atoms. The molecule has 1 aromatic rings. The van der Waals surface area contributed by atoms with Crippen molar-refractivity contribution in [1.29, 1.82) is 0 Å². The van der Waals surface area contributed by atoms with Crippen LogP contribution in [0.3, 0.4) is 0 Å². The van der Waals surface area contributed by atoms with Crippen molar-refractivity contribution in [3.05, 3.63) is 6.33 Å². The zero-order valence-corrected chi connectivity index (χ0v) is 11.0. The molecule has 0 radical (unpaired) electrons. The summed E-state index contributed by atoms with van der Waals surface area (Å²) in [4.78, 5) is 8.21. The summed E-state index contributed by atoms with van der Waals surface area (Å²) in [7, 11) is 0. The molecule has 6 nitrogen and oxygen atoms in total. The van der Waals surface area contributed by atoms with Crippen LogP contribution in [-0.2, 0) is 0 Å². The van der Waals surface area contributed by atoms with Crippen molar-refractivity contribution in [1.82, 2.24) is 15.4 Å². The average molecular weight is 238 g/mol. The molecule has 96 valence electrons. The Kier molecular flexibility index (Phi) is 4.51. The zero-order chi connectivity index (χ0) is 12.9. The largest absolute Gasteiger partial charge is 0.393 e. The molecular formula is C11H22N6. The fourth-order valence-corrected chi connectivity index (χ4v) is 1.13. The van der Waals surface area contributed by atoms with E-state index in [1.165, 1.54) is 6.33 Å². The Hall–Kier alpha value is -1.56. The SMILES string of the molecule is CCCNc1ncnc(NNC(C)(C)C)c1N. The van der Waals surface area contributed by atoms with Gasteiger partial charge in [-0.3, -0.25) is 0 Å². The van der Waals surface area contributed by atoms with E-state index in [0.717, 1.165) is 13.0 Å². The fourth-order valence-electron chi connectivity index (χ4n) is 1.13. The summed E-state index contributed by atoms with van der Waals surface area (Å²) in [5.74, 6) is 1.26. The highest BCUT2D eigenvalue weighted by atomic mass is 15.4. The summed E-state index contributed by atoms with van der Waals surface area (Å²) in [6, 6.07) is 0. The quantitative estimate of drug-likeness (QED) is 0.583. The zero-order valence-electron chi connectivity index (χ0n) is 11.0. The number of nitrogen functional groups attached to an aromatic ring is 1. The van der Waals surface area contributed by atoms with Crippen molar-refractivity contribution >= 4 is 17.3 Å². The van der Waals surface area contributed by atoms with Gasteiger partial charge in [0.1, 0.15) is 12.0 Å². The Morgan fingerprint density at radius 3 is 2.47 bits per heavy atom. The number of nitrogens with zero attached hydrogens (tertiary/aromatic N) is 2. The Balaban J connectivity index is 2.72. The number of rotatable bonds is 5. The van der Waals surface area contributed by atoms with E-state index in [1.54, 1.807) is 0 Å². The fraction of sp³-hybridized carbons (Fsp3) is 0.636. The molecule has 0 aliphatic heterocycles. The van der Waals surface area contributed by atoms with Gasteiger partial charge < -0.3 is 16.5 Å². The summed E-state index contributed by atoms with van der Waals surface area (Å²) < 4.78 is 0. The minimum absolute atomic E-state index is 0.0611. The minimum Gasteiger partial charge on any atom is -0.393 e. The van der Waals surface area contributed by atoms with Crippen molar-refractivity contribution < 1.29 is 0 Å². The first kappa shape index (κ1) is 13.5. The Morgan fingerprint density at radius 2 is 1.88 bits per heavy atom. The number of hydrazine groups is 1. The molecule has 0 aromatic carbocycles. The molecule has 1 rings (SSSR count). The minimum atomic E-state index is -0.0611. The van der Waals surface area contributed by atoms with Crippen LogP contribution in [0, 0.1) is 0 Å². The number of hydrogen-bond acceptors (Lipinski definition) is 6. The van der Waals surface area contributed by atoms with Gasteiger partial charge in [0.25, 0.3) is 0 Å². The lowest BCUT2D eigenvalue weighted by Crippen LogP contribution is -2.40. The van der Waals surface area contributed by atoms with Crippen molar-refractivity contribution in [3.8, 4) is 0 Å². The van der Waals surface area contributed by atoms with E-state index in [1.807, 2.05) is 20.8 Å². The van der Waals surface area contributed by atoms with Crippen LogP contribution in [0.1, 0.15) is 34.1 Å². The molecule has 0 aliphatic rings. The third-order valence-corrected chi connectivity index (χ3v) is 1.98. The number of aromatic nitrogens is 2. The highest BCUT2D eigenvalue weighted by Crippen LogP contribution is 2.21. The van der Waals surface area contributed by atoms with Crippen molar-refractivity contribution in [2.75, 3.05) is 23.0 Å².